The van der Waals surface area contributed by atoms with E-state index in [-0.39, 0.29) is 0 Å². The number of hydrogen-bond acceptors (Lipinski definition) is 2. The third kappa shape index (κ3) is 2.96. The molecule has 0 aliphatic carbocycles. The summed E-state index contributed by atoms with van der Waals surface area (Å²) in [6, 6.07) is 1.45. The molecule has 0 radical (unpaired) electrons. The summed E-state index contributed by atoms with van der Waals surface area (Å²) in [5.74, 6) is 0.756. The van der Waals surface area contributed by atoms with E-state index < -0.39 is 0 Å². The van der Waals surface area contributed by atoms with Crippen LogP contribution in [0, 0.1) is 5.92 Å². The molecule has 13 heavy (non-hydrogen) atoms. The number of nitrogens with zero attached hydrogens (tertiary/aromatic N) is 1. The highest BCUT2D eigenvalue weighted by Crippen LogP contribution is 2.12. The van der Waals surface area contributed by atoms with Crippen LogP contribution in [-0.2, 0) is 0 Å². The molecule has 0 spiro atoms. The third-order valence-corrected chi connectivity index (χ3v) is 3.26. The molecule has 2 atom stereocenters. The van der Waals surface area contributed by atoms with Crippen molar-refractivity contribution in [2.75, 3.05) is 19.6 Å². The van der Waals surface area contributed by atoms with Gasteiger partial charge in [0, 0.05) is 31.7 Å². The molecule has 0 aromatic rings. The number of piperazine rings is 1. The van der Waals surface area contributed by atoms with E-state index in [9.17, 15) is 0 Å². The largest absolute Gasteiger partial charge is 0.311 e. The molecule has 78 valence electrons. The first-order valence-corrected chi connectivity index (χ1v) is 5.62. The van der Waals surface area contributed by atoms with Gasteiger partial charge in [-0.1, -0.05) is 20.8 Å². The van der Waals surface area contributed by atoms with Crippen molar-refractivity contribution in [2.24, 2.45) is 5.92 Å². The van der Waals surface area contributed by atoms with E-state index in [4.69, 9.17) is 0 Å². The van der Waals surface area contributed by atoms with Gasteiger partial charge in [0.05, 0.1) is 0 Å². The zero-order chi connectivity index (χ0) is 9.84. The smallest absolute Gasteiger partial charge is 0.0218 e. The van der Waals surface area contributed by atoms with E-state index in [1.54, 1.807) is 0 Å². The predicted octanol–water partition coefficient (Wildman–Crippen LogP) is 1.71. The minimum atomic E-state index is 0.697. The summed E-state index contributed by atoms with van der Waals surface area (Å²) < 4.78 is 0. The summed E-state index contributed by atoms with van der Waals surface area (Å²) in [5, 5.41) is 3.59. The van der Waals surface area contributed by atoms with Gasteiger partial charge in [-0.2, -0.15) is 0 Å². The molecule has 0 saturated carbocycles. The fourth-order valence-electron chi connectivity index (χ4n) is 1.91. The second kappa shape index (κ2) is 4.97. The quantitative estimate of drug-likeness (QED) is 0.718. The van der Waals surface area contributed by atoms with Gasteiger partial charge in [0.25, 0.3) is 0 Å². The lowest BCUT2D eigenvalue weighted by atomic mass is 10.0. The maximum Gasteiger partial charge on any atom is 0.0218 e. The lowest BCUT2D eigenvalue weighted by Crippen LogP contribution is -2.55. The predicted molar refractivity (Wildman–Crippen MR) is 58.0 cm³/mol. The molecule has 1 saturated heterocycles. The molecular formula is C11H24N2. The molecule has 1 fully saturated rings. The second-order valence-electron chi connectivity index (χ2n) is 4.56. The first kappa shape index (κ1) is 11.0. The number of rotatable bonds is 3. The lowest BCUT2D eigenvalue weighted by Gasteiger charge is -2.38. The first-order valence-electron chi connectivity index (χ1n) is 5.62. The highest BCUT2D eigenvalue weighted by Gasteiger charge is 2.23. The Morgan fingerprint density at radius 1 is 1.38 bits per heavy atom. The van der Waals surface area contributed by atoms with Crippen LogP contribution < -0.4 is 5.32 Å². The summed E-state index contributed by atoms with van der Waals surface area (Å²) in [4.78, 5) is 2.61. The van der Waals surface area contributed by atoms with Crippen molar-refractivity contribution in [3.8, 4) is 0 Å². The van der Waals surface area contributed by atoms with Crippen LogP contribution in [0.2, 0.25) is 0 Å². The molecule has 1 aliphatic rings. The Bertz CT molecular complexity index is 145. The Kier molecular flexibility index (Phi) is 4.20. The normalized spacial score (nSPS) is 27.9. The topological polar surface area (TPSA) is 15.3 Å². The van der Waals surface area contributed by atoms with Gasteiger partial charge >= 0.3 is 0 Å². The maximum atomic E-state index is 3.59. The summed E-state index contributed by atoms with van der Waals surface area (Å²) in [7, 11) is 0. The molecule has 2 unspecified atom stereocenters. The van der Waals surface area contributed by atoms with Gasteiger partial charge in [0.15, 0.2) is 0 Å². The zero-order valence-electron chi connectivity index (χ0n) is 9.51. The standard InChI is InChI=1S/C11H24N2/c1-5-10(4)13-7-6-12-11(8-13)9(2)3/h9-12H,5-8H2,1-4H3. The lowest BCUT2D eigenvalue weighted by molar-refractivity contribution is 0.132. The van der Waals surface area contributed by atoms with Crippen LogP contribution >= 0.6 is 0 Å². The molecule has 2 heteroatoms. The number of nitrogens with one attached hydrogen (secondary N) is 1. The van der Waals surface area contributed by atoms with Crippen LogP contribution in [0.3, 0.4) is 0 Å². The Balaban J connectivity index is 2.41. The van der Waals surface area contributed by atoms with Gasteiger partial charge in [-0.25, -0.2) is 0 Å². The van der Waals surface area contributed by atoms with Gasteiger partial charge in [0.2, 0.25) is 0 Å². The number of hydrogen-bond donors (Lipinski definition) is 1. The minimum absolute atomic E-state index is 0.697. The Morgan fingerprint density at radius 3 is 2.62 bits per heavy atom. The van der Waals surface area contributed by atoms with E-state index in [0.29, 0.717) is 6.04 Å². The van der Waals surface area contributed by atoms with Crippen molar-refractivity contribution in [1.29, 1.82) is 0 Å². The average Bonchev–Trinajstić information content (AvgIpc) is 2.17. The van der Waals surface area contributed by atoms with Gasteiger partial charge < -0.3 is 5.32 Å². The highest BCUT2D eigenvalue weighted by atomic mass is 15.2. The SMILES string of the molecule is CCC(C)N1CCNC(C(C)C)C1. The van der Waals surface area contributed by atoms with Crippen molar-refractivity contribution in [3.63, 3.8) is 0 Å². The molecule has 1 N–H and O–H groups in total. The highest BCUT2D eigenvalue weighted by molar-refractivity contribution is 4.82. The summed E-state index contributed by atoms with van der Waals surface area (Å²) in [5.41, 5.74) is 0. The molecule has 0 aromatic carbocycles. The molecule has 1 rings (SSSR count). The maximum absolute atomic E-state index is 3.59. The van der Waals surface area contributed by atoms with E-state index in [1.807, 2.05) is 0 Å². The van der Waals surface area contributed by atoms with Crippen molar-refractivity contribution in [3.05, 3.63) is 0 Å². The van der Waals surface area contributed by atoms with Crippen molar-refractivity contribution >= 4 is 0 Å². The summed E-state index contributed by atoms with van der Waals surface area (Å²) in [6.45, 7) is 12.8. The minimum Gasteiger partial charge on any atom is -0.311 e. The van der Waals surface area contributed by atoms with Crippen LogP contribution in [0.4, 0.5) is 0 Å². The second-order valence-corrected chi connectivity index (χ2v) is 4.56. The zero-order valence-corrected chi connectivity index (χ0v) is 9.51. The Hall–Kier alpha value is -0.0800. The van der Waals surface area contributed by atoms with Gasteiger partial charge in [-0.3, -0.25) is 4.90 Å². The van der Waals surface area contributed by atoms with Gasteiger partial charge in [-0.15, -0.1) is 0 Å². The van der Waals surface area contributed by atoms with Crippen molar-refractivity contribution < 1.29 is 0 Å². The van der Waals surface area contributed by atoms with Crippen LogP contribution in [0.15, 0.2) is 0 Å². The van der Waals surface area contributed by atoms with E-state index in [1.165, 1.54) is 19.5 Å². The van der Waals surface area contributed by atoms with Crippen LogP contribution in [0.5, 0.6) is 0 Å². The Morgan fingerprint density at radius 2 is 2.08 bits per heavy atom. The van der Waals surface area contributed by atoms with E-state index in [0.717, 1.165) is 18.5 Å². The van der Waals surface area contributed by atoms with E-state index in [2.05, 4.69) is 37.9 Å². The molecule has 2 nitrogen and oxygen atoms in total. The first-order chi connectivity index (χ1) is 6.15. The summed E-state index contributed by atoms with van der Waals surface area (Å²) in [6.07, 6.45) is 1.27. The molecule has 0 aromatic heterocycles. The monoisotopic (exact) mass is 184 g/mol. The molecule has 1 heterocycles. The average molecular weight is 184 g/mol. The van der Waals surface area contributed by atoms with E-state index >= 15 is 0 Å². The van der Waals surface area contributed by atoms with Crippen LogP contribution in [-0.4, -0.2) is 36.6 Å². The fraction of sp³-hybridized carbons (Fsp3) is 1.00. The fourth-order valence-corrected chi connectivity index (χ4v) is 1.91. The van der Waals surface area contributed by atoms with Crippen LogP contribution in [0.1, 0.15) is 34.1 Å². The van der Waals surface area contributed by atoms with Gasteiger partial charge in [-0.05, 0) is 19.3 Å². The Labute approximate surface area is 82.7 Å². The van der Waals surface area contributed by atoms with Crippen molar-refractivity contribution in [2.45, 2.75) is 46.2 Å². The molecule has 1 aliphatic heterocycles. The summed E-state index contributed by atoms with van der Waals surface area (Å²) >= 11 is 0. The molecule has 0 amide bonds. The van der Waals surface area contributed by atoms with Crippen molar-refractivity contribution in [1.82, 2.24) is 10.2 Å². The molecular weight excluding hydrogens is 160 g/mol. The molecule has 0 bridgehead atoms. The third-order valence-electron chi connectivity index (χ3n) is 3.26. The van der Waals surface area contributed by atoms with Crippen LogP contribution in [0.25, 0.3) is 0 Å². The van der Waals surface area contributed by atoms with Gasteiger partial charge in [0.1, 0.15) is 0 Å².